The fraction of sp³-hybridized carbons (Fsp3) is 0.412. The summed E-state index contributed by atoms with van der Waals surface area (Å²) in [6.45, 7) is 15.2. The number of hydrogen-bond acceptors (Lipinski definition) is 1. The van der Waals surface area contributed by atoms with E-state index >= 15 is 0 Å². The summed E-state index contributed by atoms with van der Waals surface area (Å²) in [4.78, 5) is 2.44. The Morgan fingerprint density at radius 1 is 1.17 bits per heavy atom. The van der Waals surface area contributed by atoms with Gasteiger partial charge in [-0.25, -0.2) is 0 Å². The first-order valence-corrected chi connectivity index (χ1v) is 6.67. The molecule has 1 heteroatoms. The summed E-state index contributed by atoms with van der Waals surface area (Å²) >= 11 is 0. The molecule has 1 nitrogen and oxygen atoms in total. The Hall–Kier alpha value is -1.34. The zero-order valence-corrected chi connectivity index (χ0v) is 11.7. The molecule has 0 fully saturated rings. The Kier molecular flexibility index (Phi) is 6.45. The molecule has 0 aliphatic heterocycles. The average molecular weight is 243 g/mol. The van der Waals surface area contributed by atoms with E-state index in [2.05, 4.69) is 62.2 Å². The first-order chi connectivity index (χ1) is 8.67. The van der Waals surface area contributed by atoms with Gasteiger partial charge in [0.2, 0.25) is 0 Å². The van der Waals surface area contributed by atoms with Gasteiger partial charge < -0.3 is 0 Å². The van der Waals surface area contributed by atoms with E-state index in [1.807, 2.05) is 12.2 Å². The number of benzene rings is 1. The van der Waals surface area contributed by atoms with Gasteiger partial charge in [0.25, 0.3) is 0 Å². The van der Waals surface area contributed by atoms with Gasteiger partial charge in [0.05, 0.1) is 0 Å². The molecule has 0 radical (unpaired) electrons. The summed E-state index contributed by atoms with van der Waals surface area (Å²) in [5.41, 5.74) is 1.36. The van der Waals surface area contributed by atoms with Gasteiger partial charge in [-0.3, -0.25) is 4.90 Å². The van der Waals surface area contributed by atoms with Crippen molar-refractivity contribution in [2.75, 3.05) is 13.1 Å². The van der Waals surface area contributed by atoms with E-state index in [9.17, 15) is 0 Å². The van der Waals surface area contributed by atoms with E-state index in [1.165, 1.54) is 5.56 Å². The third-order valence-electron chi connectivity index (χ3n) is 3.45. The molecule has 0 aliphatic carbocycles. The Morgan fingerprint density at radius 2 is 1.83 bits per heavy atom. The smallest absolute Gasteiger partial charge is 0.0237 e. The van der Waals surface area contributed by atoms with Gasteiger partial charge in [0.1, 0.15) is 0 Å². The molecule has 2 atom stereocenters. The first kappa shape index (κ1) is 14.7. The molecule has 0 unspecified atom stereocenters. The van der Waals surface area contributed by atoms with Crippen LogP contribution in [-0.2, 0) is 6.54 Å². The van der Waals surface area contributed by atoms with Crippen LogP contribution in [0.2, 0.25) is 0 Å². The van der Waals surface area contributed by atoms with E-state index < -0.39 is 0 Å². The monoisotopic (exact) mass is 243 g/mol. The summed E-state index contributed by atoms with van der Waals surface area (Å²) in [5.74, 6) is 1.17. The highest BCUT2D eigenvalue weighted by atomic mass is 15.1. The van der Waals surface area contributed by atoms with Gasteiger partial charge in [-0.1, -0.05) is 56.3 Å². The van der Waals surface area contributed by atoms with E-state index in [0.29, 0.717) is 11.8 Å². The molecule has 18 heavy (non-hydrogen) atoms. The zero-order chi connectivity index (χ0) is 13.4. The molecular formula is C17H25N. The van der Waals surface area contributed by atoms with Crippen molar-refractivity contribution in [1.82, 2.24) is 4.90 Å². The Balaban J connectivity index is 2.59. The van der Waals surface area contributed by atoms with E-state index in [4.69, 9.17) is 0 Å². The van der Waals surface area contributed by atoms with Crippen LogP contribution in [0.15, 0.2) is 55.6 Å². The lowest BCUT2D eigenvalue weighted by Crippen LogP contribution is -2.30. The fourth-order valence-corrected chi connectivity index (χ4v) is 2.03. The van der Waals surface area contributed by atoms with Crippen LogP contribution in [0.4, 0.5) is 0 Å². The minimum atomic E-state index is 0.549. The van der Waals surface area contributed by atoms with Gasteiger partial charge in [-0.15, -0.1) is 13.2 Å². The van der Waals surface area contributed by atoms with Crippen LogP contribution < -0.4 is 0 Å². The minimum absolute atomic E-state index is 0.549. The van der Waals surface area contributed by atoms with E-state index in [-0.39, 0.29) is 0 Å². The van der Waals surface area contributed by atoms with Gasteiger partial charge in [-0.2, -0.15) is 0 Å². The van der Waals surface area contributed by atoms with Crippen molar-refractivity contribution >= 4 is 0 Å². The molecule has 0 aliphatic rings. The number of allylic oxidation sites excluding steroid dienone is 1. The molecule has 0 amide bonds. The third kappa shape index (κ3) is 4.89. The van der Waals surface area contributed by atoms with Crippen LogP contribution in [0.25, 0.3) is 0 Å². The highest BCUT2D eigenvalue weighted by Crippen LogP contribution is 2.15. The average Bonchev–Trinajstić information content (AvgIpc) is 2.39. The van der Waals surface area contributed by atoms with Crippen LogP contribution in [0.3, 0.4) is 0 Å². The molecule has 0 saturated heterocycles. The second kappa shape index (κ2) is 7.88. The van der Waals surface area contributed by atoms with Crippen LogP contribution in [0.1, 0.15) is 19.4 Å². The topological polar surface area (TPSA) is 3.24 Å². The summed E-state index contributed by atoms with van der Waals surface area (Å²) in [5, 5.41) is 0. The number of rotatable bonds is 8. The maximum absolute atomic E-state index is 3.88. The summed E-state index contributed by atoms with van der Waals surface area (Å²) in [6.07, 6.45) is 4.02. The molecule has 0 saturated carbocycles. The lowest BCUT2D eigenvalue weighted by molar-refractivity contribution is 0.231. The van der Waals surface area contributed by atoms with Gasteiger partial charge >= 0.3 is 0 Å². The second-order valence-electron chi connectivity index (χ2n) is 5.04. The highest BCUT2D eigenvalue weighted by Gasteiger charge is 2.13. The van der Waals surface area contributed by atoms with Crippen LogP contribution >= 0.6 is 0 Å². The Labute approximate surface area is 112 Å². The molecule has 0 bridgehead atoms. The maximum Gasteiger partial charge on any atom is 0.0237 e. The predicted molar refractivity (Wildman–Crippen MR) is 80.4 cm³/mol. The van der Waals surface area contributed by atoms with Crippen LogP contribution in [0, 0.1) is 11.8 Å². The fourth-order valence-electron chi connectivity index (χ4n) is 2.03. The molecule has 0 N–H and O–H groups in total. The SMILES string of the molecule is C=CCN(Cc1ccccc1)C[C@@H](C)[C@H](C)C=C. The normalized spacial score (nSPS) is 14.2. The lowest BCUT2D eigenvalue weighted by atomic mass is 9.95. The molecule has 98 valence electrons. The van der Waals surface area contributed by atoms with E-state index in [0.717, 1.165) is 19.6 Å². The molecule has 1 aromatic rings. The van der Waals surface area contributed by atoms with Crippen molar-refractivity contribution < 1.29 is 0 Å². The van der Waals surface area contributed by atoms with Crippen molar-refractivity contribution in [3.8, 4) is 0 Å². The van der Waals surface area contributed by atoms with Gasteiger partial charge in [0, 0.05) is 19.6 Å². The van der Waals surface area contributed by atoms with Crippen LogP contribution in [-0.4, -0.2) is 18.0 Å². The third-order valence-corrected chi connectivity index (χ3v) is 3.45. The minimum Gasteiger partial charge on any atom is -0.295 e. The first-order valence-electron chi connectivity index (χ1n) is 6.67. The van der Waals surface area contributed by atoms with E-state index in [1.54, 1.807) is 0 Å². The number of hydrogen-bond donors (Lipinski definition) is 0. The van der Waals surface area contributed by atoms with Gasteiger partial charge in [-0.05, 0) is 17.4 Å². The van der Waals surface area contributed by atoms with Crippen molar-refractivity contribution in [2.24, 2.45) is 11.8 Å². The maximum atomic E-state index is 3.88. The molecule has 0 aromatic heterocycles. The largest absolute Gasteiger partial charge is 0.295 e. The number of nitrogens with zero attached hydrogens (tertiary/aromatic N) is 1. The summed E-state index contributed by atoms with van der Waals surface area (Å²) < 4.78 is 0. The highest BCUT2D eigenvalue weighted by molar-refractivity contribution is 5.14. The van der Waals surface area contributed by atoms with Crippen molar-refractivity contribution in [2.45, 2.75) is 20.4 Å². The Morgan fingerprint density at radius 3 is 2.39 bits per heavy atom. The molecule has 1 rings (SSSR count). The summed E-state index contributed by atoms with van der Waals surface area (Å²) in [7, 11) is 0. The van der Waals surface area contributed by atoms with Gasteiger partial charge in [0.15, 0.2) is 0 Å². The molecular weight excluding hydrogens is 218 g/mol. The lowest BCUT2D eigenvalue weighted by Gasteiger charge is -2.26. The molecule has 0 heterocycles. The quantitative estimate of drug-likeness (QED) is 0.620. The summed E-state index contributed by atoms with van der Waals surface area (Å²) in [6, 6.07) is 10.6. The predicted octanol–water partition coefficient (Wildman–Crippen LogP) is 4.13. The van der Waals surface area contributed by atoms with Crippen molar-refractivity contribution in [3.63, 3.8) is 0 Å². The molecule has 1 aromatic carbocycles. The van der Waals surface area contributed by atoms with Crippen LogP contribution in [0.5, 0.6) is 0 Å². The molecule has 0 spiro atoms. The Bertz CT molecular complexity index is 355. The van der Waals surface area contributed by atoms with Crippen molar-refractivity contribution in [1.29, 1.82) is 0 Å². The second-order valence-corrected chi connectivity index (χ2v) is 5.04. The standard InChI is InChI=1S/C17H25N/c1-5-12-18(13-16(4)15(3)6-2)14-17-10-8-7-9-11-17/h5-11,15-16H,1-2,12-14H2,3-4H3/t15-,16-/m1/s1. The zero-order valence-electron chi connectivity index (χ0n) is 11.7. The van der Waals surface area contributed by atoms with Crippen molar-refractivity contribution in [3.05, 3.63) is 61.2 Å².